The fourth-order valence-corrected chi connectivity index (χ4v) is 4.39. The van der Waals surface area contributed by atoms with Crippen LogP contribution in [0.2, 0.25) is 0 Å². The highest BCUT2D eigenvalue weighted by Crippen LogP contribution is 2.45. The molecule has 1 unspecified atom stereocenters. The molecule has 0 saturated heterocycles. The van der Waals surface area contributed by atoms with Crippen molar-refractivity contribution in [1.82, 2.24) is 4.98 Å². The van der Waals surface area contributed by atoms with Crippen LogP contribution in [0.15, 0.2) is 48.5 Å². The van der Waals surface area contributed by atoms with Gasteiger partial charge in [0.25, 0.3) is 0 Å². The number of hydrogen-bond acceptors (Lipinski definition) is 2. The van der Waals surface area contributed by atoms with Crippen LogP contribution in [0, 0.1) is 11.3 Å². The van der Waals surface area contributed by atoms with E-state index >= 15 is 0 Å². The Balaban J connectivity index is 1.97. The van der Waals surface area contributed by atoms with Crippen molar-refractivity contribution < 1.29 is 23.1 Å². The second-order valence-corrected chi connectivity index (χ2v) is 9.40. The summed E-state index contributed by atoms with van der Waals surface area (Å²) in [7, 11) is 0. The van der Waals surface area contributed by atoms with Crippen molar-refractivity contribution in [3.05, 3.63) is 76.5 Å². The number of alkyl halides is 3. The number of aromatic carboxylic acids is 1. The first kappa shape index (κ1) is 22.1. The summed E-state index contributed by atoms with van der Waals surface area (Å²) < 4.78 is 39.7. The molecule has 0 spiro atoms. The van der Waals surface area contributed by atoms with Gasteiger partial charge in [-0.25, -0.2) is 9.78 Å². The predicted octanol–water partition coefficient (Wildman–Crippen LogP) is 7.10. The number of carboxylic acid groups (broad SMARTS) is 1. The van der Waals surface area contributed by atoms with E-state index in [0.717, 1.165) is 17.7 Å². The number of aromatic nitrogens is 1. The van der Waals surface area contributed by atoms with Crippen LogP contribution in [-0.2, 0) is 12.6 Å². The first-order valence-corrected chi connectivity index (χ1v) is 10.5. The molecule has 166 valence electrons. The van der Waals surface area contributed by atoms with Crippen molar-refractivity contribution in [2.75, 3.05) is 0 Å². The van der Waals surface area contributed by atoms with Gasteiger partial charge in [-0.1, -0.05) is 51.1 Å². The van der Waals surface area contributed by atoms with E-state index in [2.05, 4.69) is 20.8 Å². The molecule has 6 heteroatoms. The van der Waals surface area contributed by atoms with E-state index in [1.54, 1.807) is 36.4 Å². The van der Waals surface area contributed by atoms with Gasteiger partial charge in [-0.3, -0.25) is 0 Å². The van der Waals surface area contributed by atoms with Crippen LogP contribution >= 0.6 is 0 Å². The molecule has 1 heterocycles. The largest absolute Gasteiger partial charge is 0.478 e. The first-order valence-electron chi connectivity index (χ1n) is 10.5. The average Bonchev–Trinajstić information content (AvgIpc) is 2.70. The quantitative estimate of drug-likeness (QED) is 0.463. The number of nitrogens with zero attached hydrogens (tertiary/aromatic N) is 1. The van der Waals surface area contributed by atoms with Gasteiger partial charge in [0.05, 0.1) is 22.3 Å². The second kappa shape index (κ2) is 7.76. The number of carbonyl (C=O) groups is 1. The number of allylic oxidation sites excluding steroid dienone is 1. The van der Waals surface area contributed by atoms with Crippen molar-refractivity contribution in [1.29, 1.82) is 0 Å². The summed E-state index contributed by atoms with van der Waals surface area (Å²) in [5.41, 5.74) is 2.36. The Kier molecular flexibility index (Phi) is 5.35. The van der Waals surface area contributed by atoms with Crippen LogP contribution in [0.4, 0.5) is 13.2 Å². The number of carboxylic acids is 1. The minimum absolute atomic E-state index is 0.119. The summed E-state index contributed by atoms with van der Waals surface area (Å²) in [6, 6.07) is 12.3. The Bertz CT molecular complexity index is 1240. The number of hydrogen-bond donors (Lipinski definition) is 1. The lowest BCUT2D eigenvalue weighted by molar-refractivity contribution is -0.137. The third-order valence-electron chi connectivity index (χ3n) is 6.21. The number of fused-ring (bicyclic) bond motifs is 2. The molecule has 3 nitrogen and oxygen atoms in total. The monoisotopic (exact) mass is 439 g/mol. The van der Waals surface area contributed by atoms with Gasteiger partial charge >= 0.3 is 12.1 Å². The van der Waals surface area contributed by atoms with Crippen LogP contribution in [0.5, 0.6) is 0 Å². The highest BCUT2D eigenvalue weighted by molar-refractivity contribution is 6.06. The van der Waals surface area contributed by atoms with Crippen LogP contribution in [0.3, 0.4) is 0 Å². The molecule has 1 aliphatic carbocycles. The fourth-order valence-electron chi connectivity index (χ4n) is 4.39. The molecule has 1 N–H and O–H groups in total. The smallest absolute Gasteiger partial charge is 0.416 e. The molecule has 2 aromatic carbocycles. The fraction of sp³-hybridized carbons (Fsp3) is 0.308. The number of para-hydroxylation sites is 1. The summed E-state index contributed by atoms with van der Waals surface area (Å²) in [4.78, 5) is 17.1. The number of pyridine rings is 1. The molecular formula is C26H24F3NO2. The van der Waals surface area contributed by atoms with Crippen molar-refractivity contribution in [2.24, 2.45) is 11.3 Å². The zero-order valence-electron chi connectivity index (χ0n) is 18.1. The third-order valence-corrected chi connectivity index (χ3v) is 6.21. The molecule has 0 aliphatic heterocycles. The van der Waals surface area contributed by atoms with Crippen LogP contribution in [-0.4, -0.2) is 16.1 Å². The number of halogens is 3. The molecule has 0 amide bonds. The van der Waals surface area contributed by atoms with Crippen molar-refractivity contribution in [2.45, 2.75) is 39.8 Å². The Hall–Kier alpha value is -3.15. The highest BCUT2D eigenvalue weighted by atomic mass is 19.4. The first-order chi connectivity index (χ1) is 14.9. The average molecular weight is 439 g/mol. The maximum Gasteiger partial charge on any atom is 0.416 e. The van der Waals surface area contributed by atoms with E-state index in [-0.39, 0.29) is 16.9 Å². The lowest BCUT2D eigenvalue weighted by Crippen LogP contribution is -2.28. The molecule has 1 atom stereocenters. The zero-order valence-corrected chi connectivity index (χ0v) is 18.1. The van der Waals surface area contributed by atoms with E-state index in [1.165, 1.54) is 6.07 Å². The summed E-state index contributed by atoms with van der Waals surface area (Å²) in [6.45, 7) is 6.29. The van der Waals surface area contributed by atoms with Gasteiger partial charge in [-0.2, -0.15) is 13.2 Å². The maximum atomic E-state index is 13.2. The summed E-state index contributed by atoms with van der Waals surface area (Å²) in [5.74, 6) is -0.902. The van der Waals surface area contributed by atoms with Gasteiger partial charge in [0.2, 0.25) is 0 Å². The normalized spacial score (nSPS) is 18.1. The molecule has 0 saturated carbocycles. The van der Waals surface area contributed by atoms with Crippen molar-refractivity contribution >= 4 is 28.5 Å². The van der Waals surface area contributed by atoms with E-state index in [9.17, 15) is 23.1 Å². The lowest BCUT2D eigenvalue weighted by atomic mass is 9.69. The molecule has 1 aromatic heterocycles. The maximum absolute atomic E-state index is 13.2. The van der Waals surface area contributed by atoms with Gasteiger partial charge in [0, 0.05) is 5.39 Å². The van der Waals surface area contributed by atoms with Crippen LogP contribution in [0.1, 0.15) is 59.9 Å². The molecule has 0 radical (unpaired) electrons. The van der Waals surface area contributed by atoms with Gasteiger partial charge in [0.1, 0.15) is 0 Å². The van der Waals surface area contributed by atoms with Gasteiger partial charge in [-0.05, 0) is 65.1 Å². The Morgan fingerprint density at radius 2 is 1.78 bits per heavy atom. The van der Waals surface area contributed by atoms with Gasteiger partial charge in [0.15, 0.2) is 0 Å². The standard InChI is InChI=1S/C26H24F3NO2/c1-25(2,3)18-13-16(11-15-7-6-8-17(12-15)26(27,28)29)23-20(14-18)22(24(31)32)19-9-4-5-10-21(19)30-23/h4-12,18H,13-14H2,1-3H3,(H,31,32)/b16-11+. The van der Waals surface area contributed by atoms with E-state index < -0.39 is 17.7 Å². The van der Waals surface area contributed by atoms with Crippen molar-refractivity contribution in [3.63, 3.8) is 0 Å². The van der Waals surface area contributed by atoms with Crippen LogP contribution < -0.4 is 0 Å². The van der Waals surface area contributed by atoms with E-state index in [1.807, 2.05) is 0 Å². The molecular weight excluding hydrogens is 415 g/mol. The van der Waals surface area contributed by atoms with Crippen LogP contribution in [0.25, 0.3) is 22.6 Å². The second-order valence-electron chi connectivity index (χ2n) is 9.40. The molecule has 32 heavy (non-hydrogen) atoms. The lowest BCUT2D eigenvalue weighted by Gasteiger charge is -2.36. The SMILES string of the molecule is CC(C)(C)C1C/C(=C\c2cccc(C(F)(F)F)c2)c2nc3ccccc3c(C(=O)O)c2C1. The highest BCUT2D eigenvalue weighted by Gasteiger charge is 2.35. The van der Waals surface area contributed by atoms with Crippen molar-refractivity contribution in [3.8, 4) is 0 Å². The third kappa shape index (κ3) is 4.14. The Labute approximate surface area is 184 Å². The predicted molar refractivity (Wildman–Crippen MR) is 119 cm³/mol. The number of benzene rings is 2. The molecule has 0 bridgehead atoms. The van der Waals surface area contributed by atoms with E-state index in [4.69, 9.17) is 4.98 Å². The topological polar surface area (TPSA) is 50.2 Å². The minimum atomic E-state index is -4.43. The molecule has 1 aliphatic rings. The Morgan fingerprint density at radius 3 is 2.44 bits per heavy atom. The summed E-state index contributed by atoms with van der Waals surface area (Å²) >= 11 is 0. The zero-order chi connectivity index (χ0) is 23.3. The molecule has 0 fully saturated rings. The Morgan fingerprint density at radius 1 is 1.06 bits per heavy atom. The van der Waals surface area contributed by atoms with Gasteiger partial charge < -0.3 is 5.11 Å². The van der Waals surface area contributed by atoms with Gasteiger partial charge in [-0.15, -0.1) is 0 Å². The summed E-state index contributed by atoms with van der Waals surface area (Å²) in [6.07, 6.45) is -1.55. The number of rotatable bonds is 2. The minimum Gasteiger partial charge on any atom is -0.478 e. The summed E-state index contributed by atoms with van der Waals surface area (Å²) in [5, 5.41) is 10.6. The molecule has 4 rings (SSSR count). The molecule has 3 aromatic rings. The van der Waals surface area contributed by atoms with E-state index in [0.29, 0.717) is 40.6 Å².